The Kier molecular flexibility index (Phi) is 5.85. The molecule has 0 aliphatic heterocycles. The molecule has 0 aromatic heterocycles. The van der Waals surface area contributed by atoms with Crippen molar-refractivity contribution in [1.82, 2.24) is 4.49 Å². The molecular formula is C7H19N2O3PS2. The normalized spacial score (nSPS) is 18.8. The fraction of sp³-hybridized carbons (Fsp3) is 1.00. The number of nitrogens with one attached hydrogen (secondary N) is 1. The van der Waals surface area contributed by atoms with Gasteiger partial charge in [0.2, 0.25) is 10.0 Å². The minimum Gasteiger partial charge on any atom is -0.276 e. The first-order chi connectivity index (χ1) is 6.60. The molecule has 92 valence electrons. The van der Waals surface area contributed by atoms with Gasteiger partial charge >= 0.3 is 0 Å². The van der Waals surface area contributed by atoms with E-state index in [9.17, 15) is 13.0 Å². The lowest BCUT2D eigenvalue weighted by molar-refractivity contribution is 0.570. The molecule has 0 heterocycles. The summed E-state index contributed by atoms with van der Waals surface area (Å²) in [6.07, 6.45) is 0.787. The lowest BCUT2D eigenvalue weighted by Crippen LogP contribution is -2.30. The first-order valence-electron chi connectivity index (χ1n) is 4.70. The van der Waals surface area contributed by atoms with Crippen LogP contribution in [-0.4, -0.2) is 18.9 Å². The summed E-state index contributed by atoms with van der Waals surface area (Å²) in [6.45, 7) is 3.44. The molecule has 0 aromatic carbocycles. The largest absolute Gasteiger partial charge is 0.277 e. The maximum Gasteiger partial charge on any atom is 0.277 e. The van der Waals surface area contributed by atoms with E-state index in [0.717, 1.165) is 17.8 Å². The van der Waals surface area contributed by atoms with Crippen molar-refractivity contribution in [3.05, 3.63) is 0 Å². The van der Waals surface area contributed by atoms with Crippen molar-refractivity contribution in [2.75, 3.05) is 0 Å². The van der Waals surface area contributed by atoms with Crippen LogP contribution in [0.25, 0.3) is 0 Å². The minimum atomic E-state index is -3.57. The van der Waals surface area contributed by atoms with Crippen molar-refractivity contribution in [2.45, 2.75) is 44.6 Å². The number of nitrogens with two attached hydrogens (primary N) is 1. The second-order valence-electron chi connectivity index (χ2n) is 3.61. The standard InChI is InChI=1S/C7H19N2O3PS2/c1-5-7(4)14-13(8,10)9-15(11,12)6(2)3/h6-7H,5H2,1-4H3,(H3,8,9,10). The summed E-state index contributed by atoms with van der Waals surface area (Å²) in [5, 5.41) is -0.567. The molecule has 0 amide bonds. The van der Waals surface area contributed by atoms with E-state index in [1.54, 1.807) is 0 Å². The zero-order valence-electron chi connectivity index (χ0n) is 9.43. The average Bonchev–Trinajstić information content (AvgIpc) is 2.00. The molecule has 0 aromatic rings. The van der Waals surface area contributed by atoms with Gasteiger partial charge in [-0.25, -0.2) is 8.42 Å². The molecule has 2 unspecified atom stereocenters. The van der Waals surface area contributed by atoms with Crippen LogP contribution in [0, 0.1) is 0 Å². The van der Waals surface area contributed by atoms with Crippen LogP contribution in [-0.2, 0) is 14.6 Å². The van der Waals surface area contributed by atoms with E-state index in [1.165, 1.54) is 13.8 Å². The first kappa shape index (κ1) is 15.4. The molecule has 0 rings (SSSR count). The smallest absolute Gasteiger partial charge is 0.276 e. The van der Waals surface area contributed by atoms with Crippen LogP contribution in [0.1, 0.15) is 34.1 Å². The van der Waals surface area contributed by atoms with E-state index in [2.05, 4.69) is 4.49 Å². The van der Waals surface area contributed by atoms with Gasteiger partial charge < -0.3 is 0 Å². The van der Waals surface area contributed by atoms with E-state index in [-0.39, 0.29) is 5.25 Å². The van der Waals surface area contributed by atoms with Gasteiger partial charge in [-0.3, -0.25) is 10.1 Å². The van der Waals surface area contributed by atoms with Crippen molar-refractivity contribution in [2.24, 2.45) is 5.50 Å². The molecule has 0 aliphatic rings. The molecule has 0 aliphatic carbocycles. The highest BCUT2D eigenvalue weighted by atomic mass is 32.7. The minimum absolute atomic E-state index is 0.0655. The van der Waals surface area contributed by atoms with Gasteiger partial charge in [-0.15, -0.1) is 4.49 Å². The Morgan fingerprint density at radius 2 is 1.87 bits per heavy atom. The van der Waals surface area contributed by atoms with Gasteiger partial charge in [-0.05, 0) is 20.3 Å². The summed E-state index contributed by atoms with van der Waals surface area (Å²) in [5.74, 6) is 0. The highest BCUT2D eigenvalue weighted by Gasteiger charge is 2.28. The summed E-state index contributed by atoms with van der Waals surface area (Å²) in [6, 6.07) is 0. The maximum absolute atomic E-state index is 11.8. The first-order valence-corrected chi connectivity index (χ1v) is 9.51. The molecule has 0 spiro atoms. The third kappa shape index (κ3) is 5.92. The van der Waals surface area contributed by atoms with E-state index >= 15 is 0 Å². The van der Waals surface area contributed by atoms with Gasteiger partial charge in [0, 0.05) is 5.25 Å². The molecule has 0 saturated carbocycles. The predicted octanol–water partition coefficient (Wildman–Crippen LogP) is 1.91. The summed E-state index contributed by atoms with van der Waals surface area (Å²) in [5.41, 5.74) is 5.45. The predicted molar refractivity (Wildman–Crippen MR) is 66.3 cm³/mol. The molecule has 3 N–H and O–H groups in total. The maximum atomic E-state index is 11.8. The quantitative estimate of drug-likeness (QED) is 0.722. The zero-order chi connectivity index (χ0) is 12.3. The van der Waals surface area contributed by atoms with Gasteiger partial charge in [0.05, 0.1) is 5.25 Å². The summed E-state index contributed by atoms with van der Waals surface area (Å²) >= 11 is 0.989. The zero-order valence-corrected chi connectivity index (χ0v) is 12.0. The lowest BCUT2D eigenvalue weighted by Gasteiger charge is -2.18. The number of hydrogen-bond donors (Lipinski definition) is 2. The fourth-order valence-corrected chi connectivity index (χ4v) is 7.14. The third-order valence-electron chi connectivity index (χ3n) is 1.79. The fourth-order valence-electron chi connectivity index (χ4n) is 0.646. The molecule has 15 heavy (non-hydrogen) atoms. The van der Waals surface area contributed by atoms with Gasteiger partial charge in [-0.1, -0.05) is 25.2 Å². The van der Waals surface area contributed by atoms with E-state index < -0.39 is 21.9 Å². The van der Waals surface area contributed by atoms with Crippen LogP contribution in [0.15, 0.2) is 0 Å². The molecule has 8 heteroatoms. The van der Waals surface area contributed by atoms with Crippen LogP contribution in [0.2, 0.25) is 0 Å². The van der Waals surface area contributed by atoms with Gasteiger partial charge in [-0.2, -0.15) is 0 Å². The van der Waals surface area contributed by atoms with Crippen molar-refractivity contribution in [3.63, 3.8) is 0 Å². The Morgan fingerprint density at radius 1 is 1.40 bits per heavy atom. The van der Waals surface area contributed by atoms with Crippen LogP contribution in [0.3, 0.4) is 0 Å². The van der Waals surface area contributed by atoms with Crippen molar-refractivity contribution < 1.29 is 13.0 Å². The van der Waals surface area contributed by atoms with E-state index in [0.29, 0.717) is 0 Å². The molecule has 0 bridgehead atoms. The van der Waals surface area contributed by atoms with E-state index in [1.807, 2.05) is 13.8 Å². The second kappa shape index (κ2) is 5.68. The lowest BCUT2D eigenvalue weighted by atomic mass is 10.4. The topological polar surface area (TPSA) is 89.3 Å². The average molecular weight is 274 g/mol. The van der Waals surface area contributed by atoms with Crippen LogP contribution >= 0.6 is 18.0 Å². The monoisotopic (exact) mass is 274 g/mol. The van der Waals surface area contributed by atoms with Crippen molar-refractivity contribution >= 4 is 28.1 Å². The van der Waals surface area contributed by atoms with Crippen LogP contribution < -0.4 is 10.00 Å². The SMILES string of the molecule is CCC(C)SP(N)(=O)NS(=O)(=O)C(C)C. The molecule has 2 atom stereocenters. The molecule has 0 radical (unpaired) electrons. The van der Waals surface area contributed by atoms with Crippen molar-refractivity contribution in [1.29, 1.82) is 0 Å². The molecule has 5 nitrogen and oxygen atoms in total. The third-order valence-corrected chi connectivity index (χ3v) is 8.76. The number of sulfonamides is 1. The van der Waals surface area contributed by atoms with Gasteiger partial charge in [0.25, 0.3) is 6.65 Å². The van der Waals surface area contributed by atoms with Gasteiger partial charge in [0.15, 0.2) is 0 Å². The van der Waals surface area contributed by atoms with E-state index in [4.69, 9.17) is 5.50 Å². The second-order valence-corrected chi connectivity index (χ2v) is 10.8. The van der Waals surface area contributed by atoms with Crippen molar-refractivity contribution in [3.8, 4) is 0 Å². The van der Waals surface area contributed by atoms with Crippen LogP contribution in [0.4, 0.5) is 0 Å². The Morgan fingerprint density at radius 3 is 2.20 bits per heavy atom. The Balaban J connectivity index is 4.59. The Labute approximate surface area is 95.9 Å². The summed E-state index contributed by atoms with van der Waals surface area (Å²) < 4.78 is 36.7. The highest BCUT2D eigenvalue weighted by molar-refractivity contribution is 8.58. The van der Waals surface area contributed by atoms with Crippen LogP contribution in [0.5, 0.6) is 0 Å². The number of hydrogen-bond acceptors (Lipinski definition) is 4. The summed E-state index contributed by atoms with van der Waals surface area (Å²) in [7, 11) is -3.57. The Bertz CT molecular complexity index is 342. The molecule has 0 fully saturated rings. The highest BCUT2D eigenvalue weighted by Crippen LogP contribution is 2.51. The number of rotatable bonds is 6. The van der Waals surface area contributed by atoms with Gasteiger partial charge in [0.1, 0.15) is 0 Å². The summed E-state index contributed by atoms with van der Waals surface area (Å²) in [4.78, 5) is 0. The Hall–Kier alpha value is 0.450. The molecular weight excluding hydrogens is 255 g/mol. The molecule has 0 saturated heterocycles.